The van der Waals surface area contributed by atoms with Gasteiger partial charge in [0.15, 0.2) is 5.96 Å². The number of rotatable bonds is 3. The summed E-state index contributed by atoms with van der Waals surface area (Å²) in [5, 5.41) is 3.33. The minimum Gasteiger partial charge on any atom is -0.357 e. The van der Waals surface area contributed by atoms with E-state index in [-0.39, 0.29) is 24.0 Å². The zero-order chi connectivity index (χ0) is 13.5. The average Bonchev–Trinajstić information content (AvgIpc) is 2.48. The van der Waals surface area contributed by atoms with Gasteiger partial charge in [0.25, 0.3) is 0 Å². The summed E-state index contributed by atoms with van der Waals surface area (Å²) < 4.78 is 0. The van der Waals surface area contributed by atoms with Crippen LogP contribution in [0.4, 0.5) is 5.95 Å². The van der Waals surface area contributed by atoms with Crippen molar-refractivity contribution < 1.29 is 0 Å². The van der Waals surface area contributed by atoms with Gasteiger partial charge < -0.3 is 15.1 Å². The van der Waals surface area contributed by atoms with Crippen molar-refractivity contribution in [3.63, 3.8) is 0 Å². The first kappa shape index (κ1) is 16.9. The fraction of sp³-hybridized carbons (Fsp3) is 0.615. The third-order valence-corrected chi connectivity index (χ3v) is 3.06. The number of hydrogen-bond acceptors (Lipinski definition) is 4. The molecule has 1 saturated heterocycles. The lowest BCUT2D eigenvalue weighted by Crippen LogP contribution is -2.53. The number of guanidine groups is 1. The van der Waals surface area contributed by atoms with E-state index in [0.29, 0.717) is 0 Å². The molecule has 112 valence electrons. The highest BCUT2D eigenvalue weighted by Gasteiger charge is 2.20. The van der Waals surface area contributed by atoms with Gasteiger partial charge in [-0.05, 0) is 19.9 Å². The summed E-state index contributed by atoms with van der Waals surface area (Å²) in [6.07, 6.45) is 3.58. The fourth-order valence-electron chi connectivity index (χ4n) is 2.15. The van der Waals surface area contributed by atoms with Crippen LogP contribution in [0.2, 0.25) is 0 Å². The first-order chi connectivity index (χ1) is 9.35. The Kier molecular flexibility index (Phi) is 7.56. The summed E-state index contributed by atoms with van der Waals surface area (Å²) in [5.74, 6) is 1.83. The number of aliphatic imine (C=N–C) groups is 1. The van der Waals surface area contributed by atoms with Crippen LogP contribution in [0, 0.1) is 0 Å². The smallest absolute Gasteiger partial charge is 0.225 e. The summed E-state index contributed by atoms with van der Waals surface area (Å²) >= 11 is 0. The number of nitrogens with one attached hydrogen (secondary N) is 1. The molecule has 0 radical (unpaired) electrons. The summed E-state index contributed by atoms with van der Waals surface area (Å²) in [7, 11) is 0. The van der Waals surface area contributed by atoms with Crippen LogP contribution in [-0.4, -0.2) is 60.1 Å². The number of aromatic nitrogens is 2. The monoisotopic (exact) mass is 390 g/mol. The molecule has 1 N–H and O–H groups in total. The summed E-state index contributed by atoms with van der Waals surface area (Å²) in [4.78, 5) is 17.6. The average molecular weight is 390 g/mol. The topological polar surface area (TPSA) is 56.7 Å². The molecule has 1 aliphatic rings. The normalized spacial score (nSPS) is 15.8. The number of hydrogen-bond donors (Lipinski definition) is 1. The molecule has 2 heterocycles. The molecule has 0 bridgehead atoms. The van der Waals surface area contributed by atoms with E-state index in [2.05, 4.69) is 43.9 Å². The lowest BCUT2D eigenvalue weighted by Gasteiger charge is -2.36. The van der Waals surface area contributed by atoms with Crippen molar-refractivity contribution in [1.82, 2.24) is 20.2 Å². The van der Waals surface area contributed by atoms with Crippen LogP contribution in [0.1, 0.15) is 13.8 Å². The van der Waals surface area contributed by atoms with Gasteiger partial charge in [-0.3, -0.25) is 4.99 Å². The minimum absolute atomic E-state index is 0. The maximum absolute atomic E-state index is 4.52. The Morgan fingerprint density at radius 1 is 1.20 bits per heavy atom. The van der Waals surface area contributed by atoms with Crippen molar-refractivity contribution in [1.29, 1.82) is 0 Å². The van der Waals surface area contributed by atoms with E-state index in [9.17, 15) is 0 Å². The predicted molar refractivity (Wildman–Crippen MR) is 92.9 cm³/mol. The van der Waals surface area contributed by atoms with Crippen LogP contribution in [0.3, 0.4) is 0 Å². The predicted octanol–water partition coefficient (Wildman–Crippen LogP) is 1.20. The van der Waals surface area contributed by atoms with Gasteiger partial charge >= 0.3 is 0 Å². The van der Waals surface area contributed by atoms with Gasteiger partial charge in [0, 0.05) is 51.7 Å². The second-order valence-electron chi connectivity index (χ2n) is 4.35. The Bertz CT molecular complexity index is 403. The molecule has 0 saturated carbocycles. The molecule has 1 aromatic heterocycles. The quantitative estimate of drug-likeness (QED) is 0.478. The van der Waals surface area contributed by atoms with Crippen molar-refractivity contribution in [2.45, 2.75) is 13.8 Å². The molecule has 20 heavy (non-hydrogen) atoms. The highest BCUT2D eigenvalue weighted by molar-refractivity contribution is 14.0. The highest BCUT2D eigenvalue weighted by atomic mass is 127. The highest BCUT2D eigenvalue weighted by Crippen LogP contribution is 2.09. The maximum atomic E-state index is 4.52. The first-order valence-electron chi connectivity index (χ1n) is 6.90. The van der Waals surface area contributed by atoms with Crippen LogP contribution in [0.5, 0.6) is 0 Å². The van der Waals surface area contributed by atoms with Crippen molar-refractivity contribution >= 4 is 35.9 Å². The third kappa shape index (κ3) is 4.46. The van der Waals surface area contributed by atoms with E-state index < -0.39 is 0 Å². The third-order valence-electron chi connectivity index (χ3n) is 3.06. The molecule has 1 aliphatic heterocycles. The molecule has 0 amide bonds. The summed E-state index contributed by atoms with van der Waals surface area (Å²) in [6, 6.07) is 1.84. The van der Waals surface area contributed by atoms with Crippen LogP contribution in [-0.2, 0) is 0 Å². The second-order valence-corrected chi connectivity index (χ2v) is 4.35. The van der Waals surface area contributed by atoms with Gasteiger partial charge in [-0.25, -0.2) is 9.97 Å². The molecule has 1 aromatic rings. The summed E-state index contributed by atoms with van der Waals surface area (Å²) in [5.41, 5.74) is 0. The van der Waals surface area contributed by atoms with Crippen LogP contribution in [0.25, 0.3) is 0 Å². The number of anilines is 1. The van der Waals surface area contributed by atoms with E-state index in [1.165, 1.54) is 0 Å². The Hall–Kier alpha value is -1.12. The van der Waals surface area contributed by atoms with Crippen molar-refractivity contribution in [2.75, 3.05) is 44.2 Å². The van der Waals surface area contributed by atoms with Gasteiger partial charge in [-0.2, -0.15) is 0 Å². The SMILES string of the molecule is CCN=C(NCC)N1CCN(c2ncccn2)CC1.I. The number of nitrogens with zero attached hydrogens (tertiary/aromatic N) is 5. The second kappa shape index (κ2) is 8.93. The zero-order valence-electron chi connectivity index (χ0n) is 12.1. The molecule has 0 aromatic carbocycles. The van der Waals surface area contributed by atoms with Crippen LogP contribution >= 0.6 is 24.0 Å². The Balaban J connectivity index is 0.00000200. The molecular formula is C13H23IN6. The minimum atomic E-state index is 0. The Morgan fingerprint density at radius 2 is 1.85 bits per heavy atom. The van der Waals surface area contributed by atoms with E-state index in [0.717, 1.165) is 51.2 Å². The van der Waals surface area contributed by atoms with Crippen molar-refractivity contribution in [3.8, 4) is 0 Å². The first-order valence-corrected chi connectivity index (χ1v) is 6.90. The molecular weight excluding hydrogens is 367 g/mol. The molecule has 0 unspecified atom stereocenters. The molecule has 2 rings (SSSR count). The van der Waals surface area contributed by atoms with E-state index in [1.54, 1.807) is 12.4 Å². The Morgan fingerprint density at radius 3 is 2.40 bits per heavy atom. The largest absolute Gasteiger partial charge is 0.357 e. The number of piperazine rings is 1. The molecule has 0 atom stereocenters. The van der Waals surface area contributed by atoms with Gasteiger partial charge in [0.05, 0.1) is 0 Å². The van der Waals surface area contributed by atoms with Crippen LogP contribution < -0.4 is 10.2 Å². The maximum Gasteiger partial charge on any atom is 0.225 e. The molecule has 7 heteroatoms. The molecule has 6 nitrogen and oxygen atoms in total. The lowest BCUT2D eigenvalue weighted by atomic mass is 10.3. The Labute approximate surface area is 137 Å². The van der Waals surface area contributed by atoms with E-state index >= 15 is 0 Å². The van der Waals surface area contributed by atoms with Gasteiger partial charge in [0.2, 0.25) is 5.95 Å². The fourth-order valence-corrected chi connectivity index (χ4v) is 2.15. The van der Waals surface area contributed by atoms with Gasteiger partial charge in [-0.15, -0.1) is 24.0 Å². The summed E-state index contributed by atoms with van der Waals surface area (Å²) in [6.45, 7) is 9.63. The van der Waals surface area contributed by atoms with Crippen LogP contribution in [0.15, 0.2) is 23.5 Å². The standard InChI is InChI=1S/C13H22N6.HI/c1-3-14-12(15-4-2)18-8-10-19(11-9-18)13-16-6-5-7-17-13;/h5-7H,3-4,8-11H2,1-2H3,(H,14,15);1H. The van der Waals surface area contributed by atoms with Gasteiger partial charge in [-0.1, -0.05) is 0 Å². The van der Waals surface area contributed by atoms with E-state index in [1.807, 2.05) is 6.07 Å². The molecule has 0 spiro atoms. The molecule has 0 aliphatic carbocycles. The van der Waals surface area contributed by atoms with E-state index in [4.69, 9.17) is 0 Å². The van der Waals surface area contributed by atoms with Crippen molar-refractivity contribution in [2.24, 2.45) is 4.99 Å². The van der Waals surface area contributed by atoms with Crippen molar-refractivity contribution in [3.05, 3.63) is 18.5 Å². The zero-order valence-corrected chi connectivity index (χ0v) is 14.4. The lowest BCUT2D eigenvalue weighted by molar-refractivity contribution is 0.370. The van der Waals surface area contributed by atoms with Gasteiger partial charge in [0.1, 0.15) is 0 Å². The number of halogens is 1. The molecule has 1 fully saturated rings.